The highest BCUT2D eigenvalue weighted by molar-refractivity contribution is 5.66. The van der Waals surface area contributed by atoms with E-state index in [4.69, 9.17) is 5.11 Å². The lowest BCUT2D eigenvalue weighted by Gasteiger charge is -2.47. The van der Waals surface area contributed by atoms with Crippen LogP contribution in [0.2, 0.25) is 0 Å². The van der Waals surface area contributed by atoms with E-state index in [0.717, 1.165) is 36.3 Å². The van der Waals surface area contributed by atoms with Crippen LogP contribution >= 0.6 is 0 Å². The number of aromatic hydroxyl groups is 1. The molecule has 41 heavy (non-hydrogen) atoms. The predicted molar refractivity (Wildman–Crippen MR) is 157 cm³/mol. The van der Waals surface area contributed by atoms with E-state index in [2.05, 4.69) is 87.7 Å². The quantitative estimate of drug-likeness (QED) is 0.250. The second-order valence-electron chi connectivity index (χ2n) is 11.0. The van der Waals surface area contributed by atoms with Gasteiger partial charge in [0.15, 0.2) is 5.82 Å². The minimum Gasteiger partial charge on any atom is -0.508 e. The molecule has 2 N–H and O–H groups in total. The van der Waals surface area contributed by atoms with Crippen molar-refractivity contribution in [1.29, 1.82) is 0 Å². The van der Waals surface area contributed by atoms with Crippen LogP contribution in [0.3, 0.4) is 0 Å². The highest BCUT2D eigenvalue weighted by Crippen LogP contribution is 2.35. The Bertz CT molecular complexity index is 1420. The lowest BCUT2D eigenvalue weighted by atomic mass is 9.92. The minimum absolute atomic E-state index is 0.0283. The lowest BCUT2D eigenvalue weighted by Crippen LogP contribution is -2.56. The van der Waals surface area contributed by atoms with E-state index in [1.807, 2.05) is 24.3 Å². The van der Waals surface area contributed by atoms with Crippen LogP contribution in [-0.4, -0.2) is 71.4 Å². The number of aryl methyl sites for hydroxylation is 1. The molecule has 3 aromatic carbocycles. The van der Waals surface area contributed by atoms with Crippen molar-refractivity contribution in [3.8, 4) is 17.1 Å². The molecule has 9 nitrogen and oxygen atoms in total. The number of phenols is 1. The first-order chi connectivity index (χ1) is 19.9. The zero-order valence-electron chi connectivity index (χ0n) is 23.7. The Balaban J connectivity index is 1.37. The van der Waals surface area contributed by atoms with Crippen molar-refractivity contribution in [2.45, 2.75) is 64.3 Å². The SMILES string of the molecule is C[C@@H]1CN([C@H](c2ccc(-c3nnnn3CCCCC(=O)O)cc2)c2cccc(O)c2)[C@@H](C)CN1Cc1ccccc1. The van der Waals surface area contributed by atoms with E-state index >= 15 is 0 Å². The molecule has 0 saturated carbocycles. The topological polar surface area (TPSA) is 108 Å². The highest BCUT2D eigenvalue weighted by Gasteiger charge is 2.35. The maximum Gasteiger partial charge on any atom is 0.303 e. The van der Waals surface area contributed by atoms with Gasteiger partial charge in [-0.2, -0.15) is 0 Å². The second-order valence-corrected chi connectivity index (χ2v) is 11.0. The zero-order chi connectivity index (χ0) is 28.8. The van der Waals surface area contributed by atoms with Gasteiger partial charge >= 0.3 is 5.97 Å². The fourth-order valence-corrected chi connectivity index (χ4v) is 5.81. The normalized spacial score (nSPS) is 18.8. The van der Waals surface area contributed by atoms with Gasteiger partial charge in [-0.25, -0.2) is 4.68 Å². The maximum atomic E-state index is 10.8. The molecule has 1 aromatic heterocycles. The standard InChI is InChI=1S/C32H38N6O3/c1-23-21-37(24(2)20-36(23)22-25-9-4-3-5-10-25)31(28-11-8-12-29(39)19-28)26-14-16-27(17-15-26)32-33-34-35-38(32)18-7-6-13-30(40)41/h3-5,8-12,14-17,19,23-24,31,39H,6-7,13,18,20-22H2,1-2H3,(H,40,41)/t23-,24+,31-/m1/s1. The number of tetrazole rings is 1. The molecule has 0 unspecified atom stereocenters. The summed E-state index contributed by atoms with van der Waals surface area (Å²) in [4.78, 5) is 15.9. The Labute approximate surface area is 241 Å². The molecule has 1 saturated heterocycles. The number of carboxylic acid groups (broad SMARTS) is 1. The average Bonchev–Trinajstić information content (AvgIpc) is 3.43. The molecule has 5 rings (SSSR count). The number of nitrogens with zero attached hydrogens (tertiary/aromatic N) is 6. The summed E-state index contributed by atoms with van der Waals surface area (Å²) in [5.74, 6) is 0.132. The summed E-state index contributed by atoms with van der Waals surface area (Å²) >= 11 is 0. The zero-order valence-corrected chi connectivity index (χ0v) is 23.7. The van der Waals surface area contributed by atoms with Crippen LogP contribution in [0.15, 0.2) is 78.9 Å². The van der Waals surface area contributed by atoms with Gasteiger partial charge in [0.05, 0.1) is 6.04 Å². The van der Waals surface area contributed by atoms with Crippen molar-refractivity contribution in [1.82, 2.24) is 30.0 Å². The van der Waals surface area contributed by atoms with Crippen LogP contribution in [0.25, 0.3) is 11.4 Å². The molecular weight excluding hydrogens is 516 g/mol. The number of unbranched alkanes of at least 4 members (excludes halogenated alkanes) is 1. The first kappa shape index (κ1) is 28.4. The van der Waals surface area contributed by atoms with Crippen molar-refractivity contribution in [3.05, 3.63) is 95.6 Å². The Morgan fingerprint density at radius 2 is 1.71 bits per heavy atom. The Morgan fingerprint density at radius 3 is 2.44 bits per heavy atom. The molecule has 0 radical (unpaired) electrons. The van der Waals surface area contributed by atoms with E-state index in [1.165, 1.54) is 5.56 Å². The molecule has 0 spiro atoms. The monoisotopic (exact) mass is 554 g/mol. The summed E-state index contributed by atoms with van der Waals surface area (Å²) in [6, 6.07) is 27.2. The minimum atomic E-state index is -0.792. The highest BCUT2D eigenvalue weighted by atomic mass is 16.4. The summed E-state index contributed by atoms with van der Waals surface area (Å²) < 4.78 is 1.74. The van der Waals surface area contributed by atoms with Crippen LogP contribution in [0.1, 0.15) is 55.8 Å². The number of carbonyl (C=O) groups is 1. The van der Waals surface area contributed by atoms with Crippen LogP contribution in [-0.2, 0) is 17.9 Å². The van der Waals surface area contributed by atoms with Gasteiger partial charge in [0.2, 0.25) is 0 Å². The molecule has 214 valence electrons. The number of aliphatic carboxylic acids is 1. The van der Waals surface area contributed by atoms with Crippen molar-refractivity contribution >= 4 is 5.97 Å². The lowest BCUT2D eigenvalue weighted by molar-refractivity contribution is -0.137. The third-order valence-corrected chi connectivity index (χ3v) is 7.94. The Hall–Kier alpha value is -4.08. The number of phenolic OH excluding ortho intramolecular Hbond substituents is 1. The van der Waals surface area contributed by atoms with Gasteiger partial charge in [-0.15, -0.1) is 5.10 Å². The number of hydrogen-bond acceptors (Lipinski definition) is 7. The number of piperazine rings is 1. The number of carboxylic acids is 1. The van der Waals surface area contributed by atoms with Crippen LogP contribution in [0, 0.1) is 0 Å². The first-order valence-corrected chi connectivity index (χ1v) is 14.3. The fourth-order valence-electron chi connectivity index (χ4n) is 5.81. The Kier molecular flexibility index (Phi) is 9.06. The summed E-state index contributed by atoms with van der Waals surface area (Å²) in [5.41, 5.74) is 4.41. The molecule has 9 heteroatoms. The molecule has 0 aliphatic carbocycles. The van der Waals surface area contributed by atoms with Gasteiger partial charge in [-0.3, -0.25) is 14.6 Å². The molecular formula is C32H38N6O3. The van der Waals surface area contributed by atoms with E-state index in [1.54, 1.807) is 10.7 Å². The molecule has 1 fully saturated rings. The van der Waals surface area contributed by atoms with Crippen LogP contribution in [0.5, 0.6) is 5.75 Å². The number of hydrogen-bond donors (Lipinski definition) is 2. The molecule has 1 aliphatic heterocycles. The summed E-state index contributed by atoms with van der Waals surface area (Å²) in [6.45, 7) is 7.90. The van der Waals surface area contributed by atoms with E-state index in [-0.39, 0.29) is 18.2 Å². The van der Waals surface area contributed by atoms with Gasteiger partial charge in [0, 0.05) is 50.2 Å². The molecule has 2 heterocycles. The van der Waals surface area contributed by atoms with E-state index < -0.39 is 5.97 Å². The van der Waals surface area contributed by atoms with Crippen LogP contribution in [0.4, 0.5) is 0 Å². The number of rotatable bonds is 11. The molecule has 0 amide bonds. The molecule has 3 atom stereocenters. The summed E-state index contributed by atoms with van der Waals surface area (Å²) in [6.07, 6.45) is 1.41. The van der Waals surface area contributed by atoms with Crippen molar-refractivity contribution < 1.29 is 15.0 Å². The van der Waals surface area contributed by atoms with E-state index in [9.17, 15) is 9.90 Å². The van der Waals surface area contributed by atoms with Crippen molar-refractivity contribution in [3.63, 3.8) is 0 Å². The summed E-state index contributed by atoms with van der Waals surface area (Å²) in [5, 5.41) is 31.5. The third-order valence-electron chi connectivity index (χ3n) is 7.94. The largest absolute Gasteiger partial charge is 0.508 e. The van der Waals surface area contributed by atoms with Gasteiger partial charge in [0.1, 0.15) is 5.75 Å². The second kappa shape index (κ2) is 13.1. The molecule has 4 aromatic rings. The smallest absolute Gasteiger partial charge is 0.303 e. The number of aromatic nitrogens is 4. The van der Waals surface area contributed by atoms with Gasteiger partial charge in [-0.1, -0.05) is 66.7 Å². The third kappa shape index (κ3) is 6.99. The molecule has 1 aliphatic rings. The van der Waals surface area contributed by atoms with E-state index in [0.29, 0.717) is 37.3 Å². The number of benzene rings is 3. The van der Waals surface area contributed by atoms with Crippen molar-refractivity contribution in [2.75, 3.05) is 13.1 Å². The van der Waals surface area contributed by atoms with Gasteiger partial charge < -0.3 is 10.2 Å². The Morgan fingerprint density at radius 1 is 0.927 bits per heavy atom. The summed E-state index contributed by atoms with van der Waals surface area (Å²) in [7, 11) is 0. The fraction of sp³-hybridized carbons (Fsp3) is 0.375. The first-order valence-electron chi connectivity index (χ1n) is 14.3. The maximum absolute atomic E-state index is 10.8. The predicted octanol–water partition coefficient (Wildman–Crippen LogP) is 4.98. The molecule has 0 bridgehead atoms. The van der Waals surface area contributed by atoms with Crippen LogP contribution < -0.4 is 0 Å². The van der Waals surface area contributed by atoms with Gasteiger partial charge in [-0.05, 0) is 65.9 Å². The average molecular weight is 555 g/mol. The van der Waals surface area contributed by atoms with Crippen molar-refractivity contribution in [2.24, 2.45) is 0 Å². The van der Waals surface area contributed by atoms with Gasteiger partial charge in [0.25, 0.3) is 0 Å².